The molecule has 2 N–H and O–H groups in total. The maximum atomic E-state index is 11.8. The van der Waals surface area contributed by atoms with Crippen LogP contribution in [-0.2, 0) is 73.0 Å². The summed E-state index contributed by atoms with van der Waals surface area (Å²) in [5.41, 5.74) is -0.831. The SMILES string of the molecule is CCN(C(C)C)C(C)C.CN1C(=O)CCC1=O.O=C(ON1C(=O)CCC1=O)c1ccccc1S(=O)(=O)O.O=C(ON1C(=O)CCC1=O)c1ccccc1S(=O)(=O)O.O=C1OS(=O)(=O)c2ccccc21. The number of imide groups is 3. The normalized spacial score (nSPS) is 16.2. The number of nitrogens with zero attached hydrogens (tertiary/aromatic N) is 4. The van der Waals surface area contributed by atoms with Crippen LogP contribution < -0.4 is 0 Å². The molecule has 3 aromatic rings. The lowest BCUT2D eigenvalue weighted by molar-refractivity contribution is -0.173. The minimum absolute atomic E-state index is 0.0463. The molecule has 27 heteroatoms. The molecular formula is C42H48N4O20S3. The highest BCUT2D eigenvalue weighted by molar-refractivity contribution is 7.87. The Bertz CT molecular complexity index is 2670. The number of carbonyl (C=O) groups is 9. The number of amides is 6. The highest BCUT2D eigenvalue weighted by Crippen LogP contribution is 2.26. The third kappa shape index (κ3) is 15.4. The van der Waals surface area contributed by atoms with Gasteiger partial charge in [0.2, 0.25) is 11.8 Å². The summed E-state index contributed by atoms with van der Waals surface area (Å²) >= 11 is 0. The fourth-order valence-electron chi connectivity index (χ4n) is 6.36. The van der Waals surface area contributed by atoms with E-state index in [0.29, 0.717) is 35.1 Å². The summed E-state index contributed by atoms with van der Waals surface area (Å²) in [4.78, 5) is 112. The quantitative estimate of drug-likeness (QED) is 0.177. The van der Waals surface area contributed by atoms with Gasteiger partial charge < -0.3 is 13.9 Å². The van der Waals surface area contributed by atoms with E-state index in [-0.39, 0.29) is 48.0 Å². The third-order valence-electron chi connectivity index (χ3n) is 9.68. The van der Waals surface area contributed by atoms with Crippen LogP contribution in [0.15, 0.2) is 87.5 Å². The Morgan fingerprint density at radius 1 is 0.609 bits per heavy atom. The Balaban J connectivity index is 0.000000240. The third-order valence-corrected chi connectivity index (χ3v) is 12.8. The molecule has 3 fully saturated rings. The minimum Gasteiger partial charge on any atom is -0.338 e. The fourth-order valence-corrected chi connectivity index (χ4v) is 8.76. The molecule has 0 spiro atoms. The highest BCUT2D eigenvalue weighted by Gasteiger charge is 2.37. The van der Waals surface area contributed by atoms with Crippen LogP contribution in [0.5, 0.6) is 0 Å². The van der Waals surface area contributed by atoms with E-state index in [4.69, 9.17) is 9.11 Å². The van der Waals surface area contributed by atoms with E-state index in [2.05, 4.69) is 53.4 Å². The molecule has 6 amide bonds. The molecule has 0 aliphatic carbocycles. The lowest BCUT2D eigenvalue weighted by atomic mass is 10.2. The summed E-state index contributed by atoms with van der Waals surface area (Å²) in [6.45, 7) is 12.3. The Hall–Kier alpha value is -6.78. The van der Waals surface area contributed by atoms with Crippen LogP contribution >= 0.6 is 0 Å². The molecule has 7 rings (SSSR count). The van der Waals surface area contributed by atoms with Gasteiger partial charge in [0.1, 0.15) is 14.7 Å². The summed E-state index contributed by atoms with van der Waals surface area (Å²) < 4.78 is 88.7. The molecular weight excluding hydrogens is 977 g/mol. The van der Waals surface area contributed by atoms with E-state index >= 15 is 0 Å². The number of hydroxylamine groups is 4. The first-order valence-electron chi connectivity index (χ1n) is 20.5. The van der Waals surface area contributed by atoms with Gasteiger partial charge in [-0.05, 0) is 70.6 Å². The summed E-state index contributed by atoms with van der Waals surface area (Å²) in [6.07, 6.45) is 0.487. The summed E-state index contributed by atoms with van der Waals surface area (Å²) in [5.74, 6) is -6.11. The van der Waals surface area contributed by atoms with Crippen LogP contribution in [0.25, 0.3) is 0 Å². The molecule has 3 aromatic carbocycles. The van der Waals surface area contributed by atoms with Gasteiger partial charge in [0.25, 0.3) is 43.9 Å². The zero-order valence-electron chi connectivity index (χ0n) is 37.8. The van der Waals surface area contributed by atoms with Gasteiger partial charge >= 0.3 is 28.0 Å². The monoisotopic (exact) mass is 1020 g/mol. The second-order valence-electron chi connectivity index (χ2n) is 15.0. The number of carbonyl (C=O) groups excluding carboxylic acids is 9. The van der Waals surface area contributed by atoms with Gasteiger partial charge in [-0.2, -0.15) is 25.3 Å². The van der Waals surface area contributed by atoms with Gasteiger partial charge in [0.15, 0.2) is 0 Å². The number of benzene rings is 3. The average molecular weight is 1030 g/mol. The zero-order chi connectivity index (χ0) is 52.2. The van der Waals surface area contributed by atoms with E-state index in [1.54, 1.807) is 12.1 Å². The maximum absolute atomic E-state index is 11.8. The van der Waals surface area contributed by atoms with E-state index in [0.717, 1.165) is 30.8 Å². The van der Waals surface area contributed by atoms with Crippen molar-refractivity contribution < 1.29 is 91.4 Å². The standard InChI is InChI=1S/2C11H9NO7S.C8H19N.C7H4O4S.C5H7NO2/c2*13-9-5-6-10(14)12(9)19-11(15)7-3-1-2-4-8(7)20(16,17)18;1-6-9(7(2)3)8(4)5;8-7-5-3-1-2-4-6(5)12(9,10)11-7;1-6-4(7)2-3-5(6)8/h2*1-4H,5-6H2,(H,16,17,18);7-8H,6H2,1-5H3;1-4H;2-3H2,1H3. The molecule has 374 valence electrons. The molecule has 69 heavy (non-hydrogen) atoms. The molecule has 0 atom stereocenters. The van der Waals surface area contributed by atoms with Crippen molar-refractivity contribution in [2.45, 2.75) is 99.9 Å². The summed E-state index contributed by atoms with van der Waals surface area (Å²) in [6, 6.07) is 16.7. The summed E-state index contributed by atoms with van der Waals surface area (Å²) in [5, 5.41) is 0.589. The van der Waals surface area contributed by atoms with Crippen LogP contribution in [0, 0.1) is 0 Å². The first-order valence-corrected chi connectivity index (χ1v) is 24.7. The minimum atomic E-state index is -4.63. The van der Waals surface area contributed by atoms with Crippen molar-refractivity contribution in [3.63, 3.8) is 0 Å². The fraction of sp³-hybridized carbons (Fsp3) is 0.357. The van der Waals surface area contributed by atoms with Crippen molar-refractivity contribution in [1.29, 1.82) is 0 Å². The molecule has 0 unspecified atom stereocenters. The Morgan fingerprint density at radius 2 is 0.942 bits per heavy atom. The molecule has 24 nitrogen and oxygen atoms in total. The van der Waals surface area contributed by atoms with Gasteiger partial charge in [0.05, 0.1) is 16.7 Å². The van der Waals surface area contributed by atoms with Crippen LogP contribution in [0.1, 0.15) is 104 Å². The number of hydrogen-bond donors (Lipinski definition) is 2. The Morgan fingerprint density at radius 3 is 1.23 bits per heavy atom. The Kier molecular flexibility index (Phi) is 19.7. The second kappa shape index (κ2) is 24.0. The van der Waals surface area contributed by atoms with E-state index in [1.165, 1.54) is 48.3 Å². The second-order valence-corrected chi connectivity index (χ2v) is 19.3. The summed E-state index contributed by atoms with van der Waals surface area (Å²) in [7, 11) is -11.5. The smallest absolute Gasteiger partial charge is 0.338 e. The zero-order valence-corrected chi connectivity index (χ0v) is 40.2. The average Bonchev–Trinajstić information content (AvgIpc) is 3.95. The highest BCUT2D eigenvalue weighted by atomic mass is 32.2. The van der Waals surface area contributed by atoms with Crippen LogP contribution in [-0.4, -0.2) is 133 Å². The largest absolute Gasteiger partial charge is 0.365 e. The predicted molar refractivity (Wildman–Crippen MR) is 234 cm³/mol. The molecule has 0 aromatic heterocycles. The maximum Gasteiger partial charge on any atom is 0.365 e. The van der Waals surface area contributed by atoms with E-state index in [1.807, 2.05) is 0 Å². The molecule has 4 heterocycles. The van der Waals surface area contributed by atoms with E-state index < -0.39 is 92.8 Å². The van der Waals surface area contributed by atoms with Crippen molar-refractivity contribution in [2.24, 2.45) is 0 Å². The molecule has 4 aliphatic heterocycles. The van der Waals surface area contributed by atoms with Gasteiger partial charge in [0, 0.05) is 57.7 Å². The first kappa shape index (κ1) is 56.5. The molecule has 0 saturated carbocycles. The number of fused-ring (bicyclic) bond motifs is 1. The number of likely N-dealkylation sites (tertiary alicyclic amines) is 1. The van der Waals surface area contributed by atoms with Crippen molar-refractivity contribution in [3.05, 3.63) is 89.5 Å². The number of hydrogen-bond acceptors (Lipinski definition) is 19. The van der Waals surface area contributed by atoms with Gasteiger partial charge in [-0.1, -0.05) is 43.3 Å². The van der Waals surface area contributed by atoms with Crippen molar-refractivity contribution in [2.75, 3.05) is 13.6 Å². The Labute approximate surface area is 396 Å². The predicted octanol–water partition coefficient (Wildman–Crippen LogP) is 2.74. The first-order chi connectivity index (χ1) is 32.0. The number of rotatable bonds is 9. The topological polar surface area (TPSA) is 337 Å². The van der Waals surface area contributed by atoms with Crippen LogP contribution in [0.2, 0.25) is 0 Å². The van der Waals surface area contributed by atoms with E-state index in [9.17, 15) is 68.4 Å². The van der Waals surface area contributed by atoms with Crippen molar-refractivity contribution in [3.8, 4) is 0 Å². The molecule has 0 bridgehead atoms. The van der Waals surface area contributed by atoms with Gasteiger partial charge in [-0.15, -0.1) is 10.1 Å². The molecule has 0 radical (unpaired) electrons. The lowest BCUT2D eigenvalue weighted by Crippen LogP contribution is -2.36. The van der Waals surface area contributed by atoms with Gasteiger partial charge in [-0.3, -0.25) is 47.7 Å². The van der Waals surface area contributed by atoms with Crippen molar-refractivity contribution >= 4 is 83.7 Å². The molecule has 4 aliphatic rings. The lowest BCUT2D eigenvalue weighted by Gasteiger charge is -2.28. The van der Waals surface area contributed by atoms with Crippen molar-refractivity contribution in [1.82, 2.24) is 19.9 Å². The van der Waals surface area contributed by atoms with Crippen LogP contribution in [0.4, 0.5) is 0 Å². The van der Waals surface area contributed by atoms with Crippen LogP contribution in [0.3, 0.4) is 0 Å². The van der Waals surface area contributed by atoms with Gasteiger partial charge in [-0.25, -0.2) is 14.4 Å². The molecule has 3 saturated heterocycles.